The summed E-state index contributed by atoms with van der Waals surface area (Å²) in [5.41, 5.74) is 9.61. The van der Waals surface area contributed by atoms with Crippen molar-refractivity contribution in [3.05, 3.63) is 35.2 Å². The first-order valence-corrected chi connectivity index (χ1v) is 7.31. The van der Waals surface area contributed by atoms with Crippen molar-refractivity contribution < 1.29 is 4.52 Å². The van der Waals surface area contributed by atoms with E-state index in [1.807, 2.05) is 0 Å². The highest BCUT2D eigenvalue weighted by Crippen LogP contribution is 2.32. The molecule has 1 fully saturated rings. The Morgan fingerprint density at radius 1 is 1.10 bits per heavy atom. The van der Waals surface area contributed by atoms with Crippen LogP contribution < -0.4 is 5.73 Å². The summed E-state index contributed by atoms with van der Waals surface area (Å²) in [6, 6.07) is 6.46. The first kappa shape index (κ1) is 13.3. The van der Waals surface area contributed by atoms with Crippen LogP contribution in [0.1, 0.15) is 48.6 Å². The van der Waals surface area contributed by atoms with E-state index in [4.69, 9.17) is 10.3 Å². The highest BCUT2D eigenvalue weighted by atomic mass is 16.5. The summed E-state index contributed by atoms with van der Waals surface area (Å²) in [4.78, 5) is 4.58. The molecular weight excluding hydrogens is 250 g/mol. The number of nitrogens with two attached hydrogens (primary N) is 1. The Bertz CT molecular complexity index is 585. The van der Waals surface area contributed by atoms with E-state index in [0.717, 1.165) is 18.4 Å². The molecule has 1 saturated carbocycles. The van der Waals surface area contributed by atoms with Gasteiger partial charge in [-0.05, 0) is 38.8 Å². The summed E-state index contributed by atoms with van der Waals surface area (Å²) >= 11 is 0. The fraction of sp³-hybridized carbons (Fsp3) is 0.500. The zero-order valence-corrected chi connectivity index (χ0v) is 12.1. The van der Waals surface area contributed by atoms with Crippen molar-refractivity contribution in [3.8, 4) is 11.4 Å². The third-order valence-corrected chi connectivity index (χ3v) is 4.06. The summed E-state index contributed by atoms with van der Waals surface area (Å²) in [6.07, 6.45) is 4.50. The Balaban J connectivity index is 1.89. The monoisotopic (exact) mass is 271 g/mol. The van der Waals surface area contributed by atoms with Gasteiger partial charge < -0.3 is 10.3 Å². The standard InChI is InChI=1S/C16H21N3O/c1-10-7-11(2)9-12(8-10)15-18-16(20-19-15)13-5-3-4-6-14(13)17/h7-9,13-14H,3-6,17H2,1-2H3. The maximum Gasteiger partial charge on any atom is 0.231 e. The third kappa shape index (κ3) is 2.61. The predicted molar refractivity (Wildman–Crippen MR) is 78.4 cm³/mol. The molecule has 1 aliphatic rings. The van der Waals surface area contributed by atoms with Gasteiger partial charge in [0.25, 0.3) is 0 Å². The van der Waals surface area contributed by atoms with E-state index >= 15 is 0 Å². The fourth-order valence-electron chi connectivity index (χ4n) is 3.07. The molecule has 0 amide bonds. The second kappa shape index (κ2) is 5.37. The molecule has 1 aromatic carbocycles. The van der Waals surface area contributed by atoms with Crippen LogP contribution >= 0.6 is 0 Å². The van der Waals surface area contributed by atoms with E-state index in [1.165, 1.54) is 24.0 Å². The SMILES string of the molecule is Cc1cc(C)cc(-c2noc(C3CCCCC3N)n2)c1. The molecule has 1 aliphatic carbocycles. The van der Waals surface area contributed by atoms with E-state index in [-0.39, 0.29) is 12.0 Å². The molecule has 0 spiro atoms. The number of aryl methyl sites for hydroxylation is 2. The highest BCUT2D eigenvalue weighted by molar-refractivity contribution is 5.57. The summed E-state index contributed by atoms with van der Waals surface area (Å²) in [5.74, 6) is 1.59. The number of benzene rings is 1. The molecule has 2 atom stereocenters. The van der Waals surface area contributed by atoms with Gasteiger partial charge in [-0.1, -0.05) is 35.2 Å². The molecule has 4 heteroatoms. The zero-order chi connectivity index (χ0) is 14.1. The lowest BCUT2D eigenvalue weighted by molar-refractivity contribution is 0.290. The number of nitrogens with zero attached hydrogens (tertiary/aromatic N) is 2. The van der Waals surface area contributed by atoms with Crippen molar-refractivity contribution in [2.75, 3.05) is 0 Å². The Morgan fingerprint density at radius 3 is 2.50 bits per heavy atom. The molecule has 0 saturated heterocycles. The first-order valence-electron chi connectivity index (χ1n) is 7.31. The second-order valence-electron chi connectivity index (χ2n) is 5.89. The molecule has 0 aliphatic heterocycles. The van der Waals surface area contributed by atoms with Crippen molar-refractivity contribution >= 4 is 0 Å². The molecule has 0 bridgehead atoms. The van der Waals surface area contributed by atoms with Crippen molar-refractivity contribution in [3.63, 3.8) is 0 Å². The average Bonchev–Trinajstić information content (AvgIpc) is 2.87. The van der Waals surface area contributed by atoms with Crippen molar-refractivity contribution in [1.82, 2.24) is 10.1 Å². The maximum absolute atomic E-state index is 6.18. The topological polar surface area (TPSA) is 64.9 Å². The number of hydrogen-bond acceptors (Lipinski definition) is 4. The lowest BCUT2D eigenvalue weighted by Crippen LogP contribution is -2.31. The van der Waals surface area contributed by atoms with E-state index in [0.29, 0.717) is 11.7 Å². The van der Waals surface area contributed by atoms with Crippen LogP contribution in [-0.4, -0.2) is 16.2 Å². The van der Waals surface area contributed by atoms with E-state index < -0.39 is 0 Å². The van der Waals surface area contributed by atoms with Gasteiger partial charge in [-0.3, -0.25) is 0 Å². The van der Waals surface area contributed by atoms with Crippen LogP contribution in [-0.2, 0) is 0 Å². The van der Waals surface area contributed by atoms with Gasteiger partial charge in [0, 0.05) is 11.6 Å². The Labute approximate surface area is 119 Å². The number of aromatic nitrogens is 2. The highest BCUT2D eigenvalue weighted by Gasteiger charge is 2.28. The van der Waals surface area contributed by atoms with E-state index in [2.05, 4.69) is 42.2 Å². The molecule has 1 aromatic heterocycles. The second-order valence-corrected chi connectivity index (χ2v) is 5.89. The minimum atomic E-state index is 0.149. The number of hydrogen-bond donors (Lipinski definition) is 1. The van der Waals surface area contributed by atoms with Crippen molar-refractivity contribution in [2.45, 2.75) is 51.5 Å². The summed E-state index contributed by atoms with van der Waals surface area (Å²) in [7, 11) is 0. The molecule has 106 valence electrons. The minimum Gasteiger partial charge on any atom is -0.339 e. The zero-order valence-electron chi connectivity index (χ0n) is 12.1. The van der Waals surface area contributed by atoms with Gasteiger partial charge in [0.15, 0.2) is 0 Å². The van der Waals surface area contributed by atoms with E-state index in [1.54, 1.807) is 0 Å². The minimum absolute atomic E-state index is 0.149. The van der Waals surface area contributed by atoms with Gasteiger partial charge in [-0.2, -0.15) is 4.98 Å². The first-order chi connectivity index (χ1) is 9.63. The average molecular weight is 271 g/mol. The molecule has 3 rings (SSSR count). The molecule has 2 aromatic rings. The van der Waals surface area contributed by atoms with Crippen molar-refractivity contribution in [1.29, 1.82) is 0 Å². The Hall–Kier alpha value is -1.68. The quantitative estimate of drug-likeness (QED) is 0.909. The largest absolute Gasteiger partial charge is 0.339 e. The van der Waals surface area contributed by atoms with Crippen LogP contribution in [0.4, 0.5) is 0 Å². The lowest BCUT2D eigenvalue weighted by atomic mass is 9.85. The Morgan fingerprint density at radius 2 is 1.80 bits per heavy atom. The molecule has 0 radical (unpaired) electrons. The van der Waals surface area contributed by atoms with Gasteiger partial charge in [0.2, 0.25) is 11.7 Å². The van der Waals surface area contributed by atoms with Crippen LogP contribution in [0.5, 0.6) is 0 Å². The van der Waals surface area contributed by atoms with Crippen LogP contribution in [0.2, 0.25) is 0 Å². The molecular formula is C16H21N3O. The van der Waals surface area contributed by atoms with Gasteiger partial charge in [0.05, 0.1) is 5.92 Å². The van der Waals surface area contributed by atoms with Crippen LogP contribution in [0.25, 0.3) is 11.4 Å². The fourth-order valence-corrected chi connectivity index (χ4v) is 3.07. The van der Waals surface area contributed by atoms with Crippen LogP contribution in [0.15, 0.2) is 22.7 Å². The predicted octanol–water partition coefficient (Wildman–Crippen LogP) is 3.34. The lowest BCUT2D eigenvalue weighted by Gasteiger charge is -2.25. The number of rotatable bonds is 2. The molecule has 2 N–H and O–H groups in total. The smallest absolute Gasteiger partial charge is 0.231 e. The summed E-state index contributed by atoms with van der Waals surface area (Å²) < 4.78 is 5.47. The van der Waals surface area contributed by atoms with Gasteiger partial charge >= 0.3 is 0 Å². The van der Waals surface area contributed by atoms with Gasteiger partial charge in [-0.25, -0.2) is 0 Å². The molecule has 20 heavy (non-hydrogen) atoms. The molecule has 1 heterocycles. The molecule has 2 unspecified atom stereocenters. The molecule has 4 nitrogen and oxygen atoms in total. The normalized spacial score (nSPS) is 22.9. The van der Waals surface area contributed by atoms with Crippen LogP contribution in [0, 0.1) is 13.8 Å². The summed E-state index contributed by atoms with van der Waals surface area (Å²) in [6.45, 7) is 4.16. The van der Waals surface area contributed by atoms with E-state index in [9.17, 15) is 0 Å². The van der Waals surface area contributed by atoms with Crippen LogP contribution in [0.3, 0.4) is 0 Å². The third-order valence-electron chi connectivity index (χ3n) is 4.06. The van der Waals surface area contributed by atoms with Gasteiger partial charge in [-0.15, -0.1) is 0 Å². The summed E-state index contributed by atoms with van der Waals surface area (Å²) in [5, 5.41) is 4.14. The van der Waals surface area contributed by atoms with Crippen molar-refractivity contribution in [2.24, 2.45) is 5.73 Å². The van der Waals surface area contributed by atoms with Gasteiger partial charge in [0.1, 0.15) is 0 Å². The maximum atomic E-state index is 6.18. The Kier molecular flexibility index (Phi) is 3.57.